The molecule has 0 radical (unpaired) electrons. The number of nitrogens with zero attached hydrogens (tertiary/aromatic N) is 2. The van der Waals surface area contributed by atoms with E-state index in [4.69, 9.17) is 9.47 Å². The average Bonchev–Trinajstić information content (AvgIpc) is 2.99. The molecule has 2 amide bonds. The summed E-state index contributed by atoms with van der Waals surface area (Å²) in [6.07, 6.45) is 0.343. The van der Waals surface area contributed by atoms with Gasteiger partial charge in [0.25, 0.3) is 10.0 Å². The number of amides is 2. The van der Waals surface area contributed by atoms with Crippen LogP contribution in [0.25, 0.3) is 0 Å². The summed E-state index contributed by atoms with van der Waals surface area (Å²) in [7, 11) is -1.11. The molecule has 0 spiro atoms. The van der Waals surface area contributed by atoms with Gasteiger partial charge in [0, 0.05) is 13.1 Å². The van der Waals surface area contributed by atoms with Crippen molar-refractivity contribution < 1.29 is 27.5 Å². The van der Waals surface area contributed by atoms with Crippen molar-refractivity contribution in [1.29, 1.82) is 0 Å². The smallest absolute Gasteiger partial charge is 0.264 e. The first kappa shape index (κ1) is 31.5. The molecule has 3 rings (SSSR count). The Labute approximate surface area is 243 Å². The minimum atomic E-state index is -4.16. The first-order valence-corrected chi connectivity index (χ1v) is 15.0. The molecule has 0 unspecified atom stereocenters. The Kier molecular flexibility index (Phi) is 11.2. The van der Waals surface area contributed by atoms with E-state index in [1.54, 1.807) is 67.8 Å². The largest absolute Gasteiger partial charge is 0.497 e. The second-order valence-electron chi connectivity index (χ2n) is 9.96. The molecule has 0 aliphatic rings. The summed E-state index contributed by atoms with van der Waals surface area (Å²) in [5, 5.41) is 2.93. The fraction of sp³-hybridized carbons (Fsp3) is 0.355. The number of carbonyl (C=O) groups is 2. The lowest BCUT2D eigenvalue weighted by Crippen LogP contribution is -2.52. The highest BCUT2D eigenvalue weighted by Crippen LogP contribution is 2.26. The molecule has 9 nitrogen and oxygen atoms in total. The maximum Gasteiger partial charge on any atom is 0.264 e. The standard InChI is InChI=1S/C31H39N3O6S/c1-6-29(31(36)32-20-23(2)3)33(21-24-11-10-14-27(19-24)40-5)30(35)22-34(25-12-8-7-9-13-25)41(37,38)28-17-15-26(39-4)16-18-28/h7-19,23,29H,6,20-22H2,1-5H3,(H,32,36)/t29-/m0/s1. The molecule has 0 bridgehead atoms. The fourth-order valence-electron chi connectivity index (χ4n) is 4.31. The number of ether oxygens (including phenoxy) is 2. The van der Waals surface area contributed by atoms with Crippen molar-refractivity contribution in [3.63, 3.8) is 0 Å². The number of benzene rings is 3. The van der Waals surface area contributed by atoms with Crippen LogP contribution in [0.4, 0.5) is 5.69 Å². The van der Waals surface area contributed by atoms with Crippen LogP contribution in [-0.2, 0) is 26.2 Å². The van der Waals surface area contributed by atoms with Gasteiger partial charge in [-0.3, -0.25) is 13.9 Å². The molecule has 1 atom stereocenters. The Morgan fingerprint density at radius 2 is 1.54 bits per heavy atom. The van der Waals surface area contributed by atoms with Crippen molar-refractivity contribution in [1.82, 2.24) is 10.2 Å². The number of hydrogen-bond donors (Lipinski definition) is 1. The highest BCUT2D eigenvalue weighted by molar-refractivity contribution is 7.92. The van der Waals surface area contributed by atoms with Crippen LogP contribution in [0.3, 0.4) is 0 Å². The third kappa shape index (κ3) is 8.23. The Morgan fingerprint density at radius 3 is 2.12 bits per heavy atom. The van der Waals surface area contributed by atoms with E-state index < -0.39 is 28.5 Å². The summed E-state index contributed by atoms with van der Waals surface area (Å²) in [5.41, 5.74) is 1.08. The van der Waals surface area contributed by atoms with Gasteiger partial charge in [-0.1, -0.05) is 51.1 Å². The number of methoxy groups -OCH3 is 2. The number of anilines is 1. The van der Waals surface area contributed by atoms with Gasteiger partial charge >= 0.3 is 0 Å². The number of carbonyl (C=O) groups excluding carboxylic acids is 2. The Bertz CT molecular complexity index is 1390. The van der Waals surface area contributed by atoms with Gasteiger partial charge in [0.2, 0.25) is 11.8 Å². The number of para-hydroxylation sites is 1. The first-order valence-electron chi connectivity index (χ1n) is 13.5. The summed E-state index contributed by atoms with van der Waals surface area (Å²) < 4.78 is 39.4. The molecule has 0 aromatic heterocycles. The van der Waals surface area contributed by atoms with Crippen LogP contribution >= 0.6 is 0 Å². The molecule has 41 heavy (non-hydrogen) atoms. The van der Waals surface area contributed by atoms with Crippen molar-refractivity contribution in [2.75, 3.05) is 31.6 Å². The zero-order valence-electron chi connectivity index (χ0n) is 24.2. The van der Waals surface area contributed by atoms with Gasteiger partial charge < -0.3 is 19.7 Å². The Balaban J connectivity index is 2.03. The summed E-state index contributed by atoms with van der Waals surface area (Å²) in [5.74, 6) is 0.540. The first-order chi connectivity index (χ1) is 19.6. The molecule has 220 valence electrons. The Hall–Kier alpha value is -4.05. The van der Waals surface area contributed by atoms with E-state index in [0.29, 0.717) is 30.2 Å². The molecule has 10 heteroatoms. The topological polar surface area (TPSA) is 105 Å². The fourth-order valence-corrected chi connectivity index (χ4v) is 5.72. The van der Waals surface area contributed by atoms with Gasteiger partial charge in [0.1, 0.15) is 24.1 Å². The van der Waals surface area contributed by atoms with Gasteiger partial charge in [-0.05, 0) is 66.4 Å². The second kappa shape index (κ2) is 14.5. The van der Waals surface area contributed by atoms with Crippen LogP contribution in [0.2, 0.25) is 0 Å². The molecule has 0 saturated heterocycles. The van der Waals surface area contributed by atoms with Crippen molar-refractivity contribution in [3.8, 4) is 11.5 Å². The normalized spacial score (nSPS) is 12.0. The highest BCUT2D eigenvalue weighted by Gasteiger charge is 2.33. The maximum atomic E-state index is 14.1. The van der Waals surface area contributed by atoms with Crippen LogP contribution in [0.15, 0.2) is 83.8 Å². The molecule has 0 aliphatic heterocycles. The van der Waals surface area contributed by atoms with Crippen LogP contribution < -0.4 is 19.1 Å². The predicted octanol–water partition coefficient (Wildman–Crippen LogP) is 4.48. The van der Waals surface area contributed by atoms with E-state index in [-0.39, 0.29) is 23.3 Å². The van der Waals surface area contributed by atoms with E-state index >= 15 is 0 Å². The van der Waals surface area contributed by atoms with Gasteiger partial charge in [-0.15, -0.1) is 0 Å². The number of hydrogen-bond acceptors (Lipinski definition) is 6. The summed E-state index contributed by atoms with van der Waals surface area (Å²) in [6, 6.07) is 20.9. The van der Waals surface area contributed by atoms with Gasteiger partial charge in [-0.2, -0.15) is 0 Å². The van der Waals surface area contributed by atoms with Gasteiger partial charge in [0.15, 0.2) is 0 Å². The zero-order valence-corrected chi connectivity index (χ0v) is 25.1. The molecular weight excluding hydrogens is 542 g/mol. The van der Waals surface area contributed by atoms with Crippen LogP contribution in [0, 0.1) is 5.92 Å². The van der Waals surface area contributed by atoms with E-state index in [2.05, 4.69) is 5.32 Å². The van der Waals surface area contributed by atoms with Gasteiger partial charge in [-0.25, -0.2) is 8.42 Å². The summed E-state index contributed by atoms with van der Waals surface area (Å²) >= 11 is 0. The Morgan fingerprint density at radius 1 is 0.878 bits per heavy atom. The number of nitrogens with one attached hydrogen (secondary N) is 1. The summed E-state index contributed by atoms with van der Waals surface area (Å²) in [4.78, 5) is 28.9. The zero-order chi connectivity index (χ0) is 30.0. The third-order valence-corrected chi connectivity index (χ3v) is 8.32. The van der Waals surface area contributed by atoms with Crippen molar-refractivity contribution >= 4 is 27.5 Å². The molecule has 0 fully saturated rings. The van der Waals surface area contributed by atoms with Crippen LogP contribution in [0.1, 0.15) is 32.8 Å². The second-order valence-corrected chi connectivity index (χ2v) is 11.8. The minimum absolute atomic E-state index is 0.0102. The van der Waals surface area contributed by atoms with Gasteiger partial charge in [0.05, 0.1) is 24.8 Å². The molecule has 3 aromatic carbocycles. The quantitative estimate of drug-likeness (QED) is 0.301. The lowest BCUT2D eigenvalue weighted by molar-refractivity contribution is -0.140. The molecule has 0 heterocycles. The van der Waals surface area contributed by atoms with Crippen LogP contribution in [0.5, 0.6) is 11.5 Å². The van der Waals surface area contributed by atoms with E-state index in [9.17, 15) is 18.0 Å². The van der Waals surface area contributed by atoms with E-state index in [1.807, 2.05) is 26.8 Å². The molecule has 0 aliphatic carbocycles. The third-order valence-electron chi connectivity index (χ3n) is 6.53. The molecule has 1 N–H and O–H groups in total. The van der Waals surface area contributed by atoms with E-state index in [0.717, 1.165) is 9.87 Å². The lowest BCUT2D eigenvalue weighted by Gasteiger charge is -2.33. The minimum Gasteiger partial charge on any atom is -0.497 e. The maximum absolute atomic E-state index is 14.1. The molecule has 0 saturated carbocycles. The SMILES string of the molecule is CC[C@@H](C(=O)NCC(C)C)N(Cc1cccc(OC)c1)C(=O)CN(c1ccccc1)S(=O)(=O)c1ccc(OC)cc1. The number of sulfonamides is 1. The van der Waals surface area contributed by atoms with Crippen molar-refractivity contribution in [2.24, 2.45) is 5.92 Å². The van der Waals surface area contributed by atoms with Crippen molar-refractivity contribution in [2.45, 2.75) is 44.7 Å². The average molecular weight is 582 g/mol. The van der Waals surface area contributed by atoms with Crippen molar-refractivity contribution in [3.05, 3.63) is 84.4 Å². The van der Waals surface area contributed by atoms with Crippen LogP contribution in [-0.4, -0.2) is 58.5 Å². The van der Waals surface area contributed by atoms with E-state index in [1.165, 1.54) is 24.1 Å². The molecule has 3 aromatic rings. The predicted molar refractivity (Wildman–Crippen MR) is 159 cm³/mol. The highest BCUT2D eigenvalue weighted by atomic mass is 32.2. The summed E-state index contributed by atoms with van der Waals surface area (Å²) in [6.45, 7) is 5.85. The lowest BCUT2D eigenvalue weighted by atomic mass is 10.1. The molecular formula is C31H39N3O6S. The number of rotatable bonds is 14. The monoisotopic (exact) mass is 581 g/mol.